The molecule has 1 aliphatic heterocycles. The Hall–Kier alpha value is -5.37. The Morgan fingerprint density at radius 3 is 2.35 bits per heavy atom. The van der Waals surface area contributed by atoms with Crippen molar-refractivity contribution in [1.82, 2.24) is 14.5 Å². The number of imidazole rings is 1. The van der Waals surface area contributed by atoms with Crippen molar-refractivity contribution in [1.29, 1.82) is 10.5 Å². The Balaban J connectivity index is 0.000000220. The summed E-state index contributed by atoms with van der Waals surface area (Å²) in [5.74, 6) is 1.06. The van der Waals surface area contributed by atoms with Gasteiger partial charge in [-0.25, -0.2) is 15.4 Å². The minimum absolute atomic E-state index is 0. The first-order valence-corrected chi connectivity index (χ1v) is 11.9. The van der Waals surface area contributed by atoms with Gasteiger partial charge in [0.15, 0.2) is 0 Å². The van der Waals surface area contributed by atoms with E-state index in [2.05, 4.69) is 42.4 Å². The molecule has 2 aromatic heterocycles. The van der Waals surface area contributed by atoms with Crippen LogP contribution in [-0.4, -0.2) is 14.5 Å². The standard InChI is InChI=1S/C21H8N5.C11H9N2.Ir/c1-24-20-17(10-16(11-22)18(12-23)21(20)25-2)19-9-8-15(13-26-19)14-6-4-3-5-7-14;1-2-4-10-9(3-1)5-7-13-8-6-12-11(10)13;/h3-9,13H;1-3,6,8H,5,7H2;/q2*-1;. The Morgan fingerprint density at radius 1 is 0.875 bits per heavy atom. The van der Waals surface area contributed by atoms with Crippen LogP contribution in [0.25, 0.3) is 43.5 Å². The number of nitriles is 2. The summed E-state index contributed by atoms with van der Waals surface area (Å²) in [6.45, 7) is 15.7. The zero-order chi connectivity index (χ0) is 27.2. The van der Waals surface area contributed by atoms with E-state index in [0.29, 0.717) is 5.69 Å². The minimum Gasteiger partial charge on any atom is -0.371 e. The molecule has 0 aliphatic carbocycles. The molecule has 7 nitrogen and oxygen atoms in total. The summed E-state index contributed by atoms with van der Waals surface area (Å²) >= 11 is 0. The first kappa shape index (κ1) is 27.7. The molecule has 0 spiro atoms. The fraction of sp³-hybridized carbons (Fsp3) is 0.0625. The van der Waals surface area contributed by atoms with Crippen molar-refractivity contribution in [3.63, 3.8) is 0 Å². The second-order valence-corrected chi connectivity index (χ2v) is 8.46. The molecule has 3 aromatic carbocycles. The number of fused-ring (bicyclic) bond motifs is 3. The summed E-state index contributed by atoms with van der Waals surface area (Å²) in [6.07, 6.45) is 6.63. The van der Waals surface area contributed by atoms with Crippen LogP contribution in [0.2, 0.25) is 0 Å². The Labute approximate surface area is 245 Å². The molecule has 0 saturated carbocycles. The van der Waals surface area contributed by atoms with Crippen molar-refractivity contribution in [2.24, 2.45) is 0 Å². The van der Waals surface area contributed by atoms with Crippen molar-refractivity contribution in [2.45, 2.75) is 13.0 Å². The minimum atomic E-state index is -0.137. The predicted octanol–water partition coefficient (Wildman–Crippen LogP) is 6.96. The van der Waals surface area contributed by atoms with Gasteiger partial charge in [-0.2, -0.15) is 4.85 Å². The van der Waals surface area contributed by atoms with Crippen molar-refractivity contribution < 1.29 is 20.1 Å². The topological polar surface area (TPSA) is 87.0 Å². The third-order valence-corrected chi connectivity index (χ3v) is 6.28. The average molecular weight is 692 g/mol. The molecule has 0 bridgehead atoms. The number of pyridine rings is 1. The van der Waals surface area contributed by atoms with Crippen LogP contribution in [0, 0.1) is 47.9 Å². The van der Waals surface area contributed by atoms with Gasteiger partial charge < -0.3 is 4.57 Å². The third-order valence-electron chi connectivity index (χ3n) is 6.28. The molecule has 191 valence electrons. The van der Waals surface area contributed by atoms with Crippen molar-refractivity contribution in [3.8, 4) is 45.9 Å². The molecule has 0 atom stereocenters. The Morgan fingerprint density at radius 2 is 1.68 bits per heavy atom. The van der Waals surface area contributed by atoms with Crippen LogP contribution < -0.4 is 0 Å². The molecule has 3 heterocycles. The Bertz CT molecular complexity index is 1850. The SMILES string of the molecule is [C-]#[N+]c1c(-c2ccc(-c3ccccc3)cn2)[c-]c(C#N)c(C#N)c1[N+]#[C-].[Ir].[c-]1cccc2c1-c1nccn1CC2. The molecule has 6 rings (SSSR count). The summed E-state index contributed by atoms with van der Waals surface area (Å²) in [5, 5.41) is 18.5. The maximum Gasteiger partial charge on any atom is 0.263 e. The van der Waals surface area contributed by atoms with Gasteiger partial charge in [0.25, 0.3) is 5.69 Å². The first-order chi connectivity index (χ1) is 19.2. The molecule has 0 N–H and O–H groups in total. The van der Waals surface area contributed by atoms with Crippen LogP contribution in [0.15, 0.2) is 79.3 Å². The van der Waals surface area contributed by atoms with Gasteiger partial charge in [0.05, 0.1) is 12.4 Å². The van der Waals surface area contributed by atoms with Crippen LogP contribution in [-0.2, 0) is 33.1 Å². The van der Waals surface area contributed by atoms with E-state index in [0.717, 1.165) is 29.9 Å². The monoisotopic (exact) mass is 692 g/mol. The van der Waals surface area contributed by atoms with E-state index in [1.54, 1.807) is 12.3 Å². The van der Waals surface area contributed by atoms with Crippen LogP contribution >= 0.6 is 0 Å². The van der Waals surface area contributed by atoms with Gasteiger partial charge in [-0.1, -0.05) is 48.5 Å². The average Bonchev–Trinajstić information content (AvgIpc) is 3.50. The van der Waals surface area contributed by atoms with Crippen LogP contribution in [0.3, 0.4) is 0 Å². The predicted molar refractivity (Wildman–Crippen MR) is 146 cm³/mol. The number of hydrogen-bond acceptors (Lipinski definition) is 4. The normalized spacial score (nSPS) is 10.5. The van der Waals surface area contributed by atoms with Crippen molar-refractivity contribution >= 4 is 11.4 Å². The fourth-order valence-electron chi connectivity index (χ4n) is 4.39. The van der Waals surface area contributed by atoms with Crippen LogP contribution in [0.1, 0.15) is 16.7 Å². The molecule has 0 unspecified atom stereocenters. The third kappa shape index (κ3) is 5.28. The Kier molecular flexibility index (Phi) is 8.61. The molecule has 0 amide bonds. The summed E-state index contributed by atoms with van der Waals surface area (Å²) in [5.41, 5.74) is 4.76. The quantitative estimate of drug-likeness (QED) is 0.187. The van der Waals surface area contributed by atoms with Crippen LogP contribution in [0.5, 0.6) is 0 Å². The van der Waals surface area contributed by atoms with Gasteiger partial charge >= 0.3 is 0 Å². The summed E-state index contributed by atoms with van der Waals surface area (Å²) < 4.78 is 2.18. The summed E-state index contributed by atoms with van der Waals surface area (Å²) in [6, 6.07) is 29.1. The molecule has 8 heteroatoms. The van der Waals surface area contributed by atoms with Gasteiger partial charge in [-0.15, -0.1) is 35.4 Å². The number of benzene rings is 3. The largest absolute Gasteiger partial charge is 0.371 e. The second kappa shape index (κ2) is 12.4. The molecule has 0 fully saturated rings. The summed E-state index contributed by atoms with van der Waals surface area (Å²) in [7, 11) is 0. The second-order valence-electron chi connectivity index (χ2n) is 8.46. The number of nitrogens with zero attached hydrogens (tertiary/aromatic N) is 7. The maximum absolute atomic E-state index is 9.26. The van der Waals surface area contributed by atoms with E-state index in [1.165, 1.54) is 11.1 Å². The molecule has 40 heavy (non-hydrogen) atoms. The fourth-order valence-corrected chi connectivity index (χ4v) is 4.39. The molecule has 5 aromatic rings. The molecule has 1 aliphatic rings. The van der Waals surface area contributed by atoms with E-state index < -0.39 is 0 Å². The van der Waals surface area contributed by atoms with E-state index in [9.17, 15) is 10.5 Å². The van der Waals surface area contributed by atoms with Gasteiger partial charge in [0.2, 0.25) is 5.69 Å². The molecule has 1 radical (unpaired) electrons. The van der Waals surface area contributed by atoms with Gasteiger partial charge in [0, 0.05) is 62.6 Å². The first-order valence-electron chi connectivity index (χ1n) is 11.9. The maximum atomic E-state index is 9.26. The molecule has 0 saturated heterocycles. The summed E-state index contributed by atoms with van der Waals surface area (Å²) in [4.78, 5) is 15.4. The van der Waals surface area contributed by atoms with E-state index in [1.807, 2.05) is 73.1 Å². The van der Waals surface area contributed by atoms with Gasteiger partial charge in [-0.05, 0) is 34.7 Å². The van der Waals surface area contributed by atoms with Crippen molar-refractivity contribution in [3.05, 3.63) is 131 Å². The number of rotatable bonds is 2. The van der Waals surface area contributed by atoms with E-state index in [-0.39, 0.29) is 48.2 Å². The van der Waals surface area contributed by atoms with E-state index in [4.69, 9.17) is 13.1 Å². The van der Waals surface area contributed by atoms with Crippen molar-refractivity contribution in [2.75, 3.05) is 0 Å². The molecular weight excluding hydrogens is 675 g/mol. The number of hydrogen-bond donors (Lipinski definition) is 0. The number of aryl methyl sites for hydroxylation is 2. The zero-order valence-corrected chi connectivity index (χ0v) is 23.3. The van der Waals surface area contributed by atoms with Crippen LogP contribution in [0.4, 0.5) is 11.4 Å². The van der Waals surface area contributed by atoms with Gasteiger partial charge in [0.1, 0.15) is 6.57 Å². The number of aromatic nitrogens is 3. The smallest absolute Gasteiger partial charge is 0.263 e. The van der Waals surface area contributed by atoms with E-state index >= 15 is 0 Å². The van der Waals surface area contributed by atoms with Gasteiger partial charge in [-0.3, -0.25) is 9.97 Å². The molecular formula is C32H17IrN7-2. The zero-order valence-electron chi connectivity index (χ0n) is 20.9.